The van der Waals surface area contributed by atoms with Crippen LogP contribution < -0.4 is 14.9 Å². The van der Waals surface area contributed by atoms with Crippen molar-refractivity contribution in [1.29, 1.82) is 0 Å². The molecule has 1 atom stereocenters. The topological polar surface area (TPSA) is 87.7 Å². The molecular formula is C13H22N2O4S2. The third-order valence-electron chi connectivity index (χ3n) is 3.33. The van der Waals surface area contributed by atoms with Gasteiger partial charge in [0.2, 0.25) is 10.0 Å². The van der Waals surface area contributed by atoms with Gasteiger partial charge in [0, 0.05) is 11.3 Å². The molecule has 1 rings (SSSR count). The van der Waals surface area contributed by atoms with Crippen molar-refractivity contribution in [3.8, 4) is 5.75 Å². The molecule has 6 nitrogen and oxygen atoms in total. The Morgan fingerprint density at radius 2 is 1.90 bits per heavy atom. The predicted octanol–water partition coefficient (Wildman–Crippen LogP) is 1.46. The number of hydrogen-bond acceptors (Lipinski definition) is 6. The molecule has 0 radical (unpaired) electrons. The zero-order valence-electron chi connectivity index (χ0n) is 12.6. The van der Waals surface area contributed by atoms with E-state index >= 15 is 0 Å². The van der Waals surface area contributed by atoms with Crippen LogP contribution in [-0.2, 0) is 10.0 Å². The molecule has 1 unspecified atom stereocenters. The van der Waals surface area contributed by atoms with Crippen LogP contribution in [0, 0.1) is 0 Å². The summed E-state index contributed by atoms with van der Waals surface area (Å²) in [7, 11) is -2.15. The predicted molar refractivity (Wildman–Crippen MR) is 84.5 cm³/mol. The van der Waals surface area contributed by atoms with Crippen LogP contribution in [0.1, 0.15) is 13.8 Å². The highest BCUT2D eigenvalue weighted by Crippen LogP contribution is 2.26. The van der Waals surface area contributed by atoms with Crippen LogP contribution in [0.4, 0.5) is 0 Å². The van der Waals surface area contributed by atoms with Crippen LogP contribution >= 0.6 is 11.8 Å². The fourth-order valence-electron chi connectivity index (χ4n) is 1.67. The van der Waals surface area contributed by atoms with Crippen molar-refractivity contribution >= 4 is 21.8 Å². The van der Waals surface area contributed by atoms with E-state index in [9.17, 15) is 8.42 Å². The second-order valence-corrected chi connectivity index (χ2v) is 8.19. The third-order valence-corrected chi connectivity index (χ3v) is 6.15. The molecule has 0 aliphatic rings. The SMILES string of the molecule is COc1ccc(S(=O)(=O)NC(CNO)C(C)(C)SC)cc1. The van der Waals surface area contributed by atoms with Crippen molar-refractivity contribution in [2.45, 2.75) is 29.5 Å². The van der Waals surface area contributed by atoms with Gasteiger partial charge in [-0.15, -0.1) is 0 Å². The molecule has 0 amide bonds. The summed E-state index contributed by atoms with van der Waals surface area (Å²) in [6.45, 7) is 3.94. The Morgan fingerprint density at radius 3 is 2.33 bits per heavy atom. The van der Waals surface area contributed by atoms with Gasteiger partial charge in [-0.1, -0.05) is 0 Å². The van der Waals surface area contributed by atoms with Crippen LogP contribution in [0.15, 0.2) is 29.2 Å². The molecule has 1 aromatic rings. The highest BCUT2D eigenvalue weighted by Gasteiger charge is 2.32. The van der Waals surface area contributed by atoms with Gasteiger partial charge in [0.1, 0.15) is 5.75 Å². The average Bonchev–Trinajstić information content (AvgIpc) is 2.46. The number of thioether (sulfide) groups is 1. The molecule has 0 aromatic heterocycles. The summed E-state index contributed by atoms with van der Waals surface area (Å²) in [4.78, 5) is 0.156. The molecule has 0 saturated carbocycles. The smallest absolute Gasteiger partial charge is 0.240 e. The molecule has 0 aliphatic carbocycles. The summed E-state index contributed by atoms with van der Waals surface area (Å²) in [6, 6.07) is 5.68. The number of rotatable bonds is 8. The number of sulfonamides is 1. The van der Waals surface area contributed by atoms with Gasteiger partial charge < -0.3 is 9.94 Å². The first-order chi connectivity index (χ1) is 9.76. The summed E-state index contributed by atoms with van der Waals surface area (Å²) >= 11 is 1.52. The van der Waals surface area contributed by atoms with Crippen LogP contribution in [0.2, 0.25) is 0 Å². The van der Waals surface area contributed by atoms with Crippen LogP contribution in [0.5, 0.6) is 5.75 Å². The van der Waals surface area contributed by atoms with Gasteiger partial charge in [0.05, 0.1) is 18.0 Å². The standard InChI is InChI=1S/C13H22N2O4S2/c1-13(2,20-4)12(9-14-16)15-21(17,18)11-7-5-10(19-3)6-8-11/h5-8,12,14-16H,9H2,1-4H3. The van der Waals surface area contributed by atoms with Gasteiger partial charge in [-0.25, -0.2) is 18.6 Å². The van der Waals surface area contributed by atoms with Gasteiger partial charge in [-0.3, -0.25) is 0 Å². The summed E-state index contributed by atoms with van der Waals surface area (Å²) in [5.41, 5.74) is 2.04. The van der Waals surface area contributed by atoms with E-state index in [0.717, 1.165) is 0 Å². The third kappa shape index (κ3) is 4.86. The number of nitrogens with one attached hydrogen (secondary N) is 2. The second-order valence-electron chi connectivity index (χ2n) is 5.02. The molecule has 0 bridgehead atoms. The number of methoxy groups -OCH3 is 1. The van der Waals surface area contributed by atoms with Gasteiger partial charge in [0.15, 0.2) is 0 Å². The van der Waals surface area contributed by atoms with Crippen molar-refractivity contribution in [1.82, 2.24) is 10.2 Å². The van der Waals surface area contributed by atoms with Crippen molar-refractivity contribution in [3.63, 3.8) is 0 Å². The lowest BCUT2D eigenvalue weighted by Gasteiger charge is -2.32. The Bertz CT molecular complexity index is 544. The number of hydroxylamine groups is 1. The van der Waals surface area contributed by atoms with E-state index in [1.54, 1.807) is 12.1 Å². The molecular weight excluding hydrogens is 312 g/mol. The molecule has 0 heterocycles. The quantitative estimate of drug-likeness (QED) is 0.624. The molecule has 0 spiro atoms. The van der Waals surface area contributed by atoms with Crippen molar-refractivity contribution in [2.24, 2.45) is 0 Å². The Labute approximate surface area is 130 Å². The summed E-state index contributed by atoms with van der Waals surface area (Å²) in [5, 5.41) is 8.92. The first-order valence-corrected chi connectivity index (χ1v) is 9.06. The number of hydrogen-bond donors (Lipinski definition) is 3. The minimum Gasteiger partial charge on any atom is -0.497 e. The second kappa shape index (κ2) is 7.46. The van der Waals surface area contributed by atoms with Gasteiger partial charge in [0.25, 0.3) is 0 Å². The van der Waals surface area contributed by atoms with Crippen LogP contribution in [0.3, 0.4) is 0 Å². The molecule has 0 fully saturated rings. The molecule has 0 saturated heterocycles. The largest absolute Gasteiger partial charge is 0.497 e. The summed E-state index contributed by atoms with van der Waals surface area (Å²) in [5.74, 6) is 0.590. The minimum absolute atomic E-state index is 0.114. The lowest BCUT2D eigenvalue weighted by atomic mass is 10.1. The molecule has 0 aliphatic heterocycles. The first-order valence-electron chi connectivity index (χ1n) is 6.35. The van der Waals surface area contributed by atoms with Crippen molar-refractivity contribution in [2.75, 3.05) is 19.9 Å². The Kier molecular flexibility index (Phi) is 6.48. The number of benzene rings is 1. The van der Waals surface area contributed by atoms with E-state index in [2.05, 4.69) is 4.72 Å². The highest BCUT2D eigenvalue weighted by atomic mass is 32.2. The Hall–Kier alpha value is -0.800. The maximum absolute atomic E-state index is 12.4. The van der Waals surface area contributed by atoms with Gasteiger partial charge >= 0.3 is 0 Å². The van der Waals surface area contributed by atoms with Crippen LogP contribution in [0.25, 0.3) is 0 Å². The maximum Gasteiger partial charge on any atom is 0.240 e. The normalized spacial score (nSPS) is 14.0. The first kappa shape index (κ1) is 18.2. The molecule has 21 heavy (non-hydrogen) atoms. The number of ether oxygens (including phenoxy) is 1. The zero-order chi connectivity index (χ0) is 16.1. The van der Waals surface area contributed by atoms with E-state index in [0.29, 0.717) is 5.75 Å². The summed E-state index contributed by atoms with van der Waals surface area (Å²) < 4.78 is 32.1. The monoisotopic (exact) mass is 334 g/mol. The average molecular weight is 334 g/mol. The van der Waals surface area contributed by atoms with Gasteiger partial charge in [-0.2, -0.15) is 11.8 Å². The van der Waals surface area contributed by atoms with E-state index < -0.39 is 16.1 Å². The molecule has 1 aromatic carbocycles. The highest BCUT2D eigenvalue weighted by molar-refractivity contribution is 8.00. The molecule has 120 valence electrons. The van der Waals surface area contributed by atoms with E-state index in [1.165, 1.54) is 31.0 Å². The van der Waals surface area contributed by atoms with E-state index in [4.69, 9.17) is 9.94 Å². The molecule has 8 heteroatoms. The molecule has 3 N–H and O–H groups in total. The van der Waals surface area contributed by atoms with Crippen LogP contribution in [-0.4, -0.2) is 44.3 Å². The van der Waals surface area contributed by atoms with Crippen molar-refractivity contribution in [3.05, 3.63) is 24.3 Å². The zero-order valence-corrected chi connectivity index (χ0v) is 14.2. The fourth-order valence-corrected chi connectivity index (χ4v) is 3.56. The lowest BCUT2D eigenvalue weighted by Crippen LogP contribution is -2.52. The van der Waals surface area contributed by atoms with E-state index in [-0.39, 0.29) is 16.2 Å². The van der Waals surface area contributed by atoms with E-state index in [1.807, 2.05) is 25.6 Å². The van der Waals surface area contributed by atoms with Crippen molar-refractivity contribution < 1.29 is 18.4 Å². The Balaban J connectivity index is 2.99. The summed E-state index contributed by atoms with van der Waals surface area (Å²) in [6.07, 6.45) is 1.89. The fraction of sp³-hybridized carbons (Fsp3) is 0.538. The maximum atomic E-state index is 12.4. The van der Waals surface area contributed by atoms with Gasteiger partial charge in [-0.05, 0) is 44.4 Å². The Morgan fingerprint density at radius 1 is 1.33 bits per heavy atom. The minimum atomic E-state index is -3.67. The lowest BCUT2D eigenvalue weighted by molar-refractivity contribution is 0.153.